The zero-order valence-corrected chi connectivity index (χ0v) is 15.1. The molecule has 0 saturated carbocycles. The standard InChI is InChI=1S/C22H21NO3/c1-13-6-7-15(10-14(13)2)23-11-19-20(25-12-23)9-8-17-16-4-3-5-18(16)22(24)26-21(17)19/h6-10H,3-5,11-12H2,1-2H3. The zero-order chi connectivity index (χ0) is 17.8. The summed E-state index contributed by atoms with van der Waals surface area (Å²) in [6, 6.07) is 10.5. The summed E-state index contributed by atoms with van der Waals surface area (Å²) < 4.78 is 11.8. The third-order valence-electron chi connectivity index (χ3n) is 5.78. The predicted molar refractivity (Wildman–Crippen MR) is 102 cm³/mol. The second kappa shape index (κ2) is 5.63. The topological polar surface area (TPSA) is 42.7 Å². The summed E-state index contributed by atoms with van der Waals surface area (Å²) in [5.41, 5.74) is 7.18. The summed E-state index contributed by atoms with van der Waals surface area (Å²) in [7, 11) is 0. The average molecular weight is 347 g/mol. The normalized spacial score (nSPS) is 15.7. The van der Waals surface area contributed by atoms with Crippen LogP contribution in [-0.2, 0) is 19.4 Å². The Bertz CT molecular complexity index is 1100. The van der Waals surface area contributed by atoms with E-state index in [2.05, 4.69) is 36.9 Å². The van der Waals surface area contributed by atoms with Crippen LogP contribution in [0.5, 0.6) is 5.75 Å². The number of nitrogens with zero attached hydrogens (tertiary/aromatic N) is 1. The molecule has 26 heavy (non-hydrogen) atoms. The second-order valence-electron chi connectivity index (χ2n) is 7.36. The Labute approximate surface area is 152 Å². The number of hydrogen-bond acceptors (Lipinski definition) is 4. The Morgan fingerprint density at radius 1 is 0.962 bits per heavy atom. The first kappa shape index (κ1) is 15.5. The number of rotatable bonds is 1. The lowest BCUT2D eigenvalue weighted by molar-refractivity contribution is 0.289. The zero-order valence-electron chi connectivity index (χ0n) is 15.1. The molecule has 3 aromatic rings. The van der Waals surface area contributed by atoms with Gasteiger partial charge in [-0.05, 0) is 74.1 Å². The van der Waals surface area contributed by atoms with Gasteiger partial charge < -0.3 is 14.1 Å². The van der Waals surface area contributed by atoms with Gasteiger partial charge in [0.2, 0.25) is 0 Å². The molecule has 1 aliphatic heterocycles. The van der Waals surface area contributed by atoms with Crippen molar-refractivity contribution in [1.82, 2.24) is 0 Å². The summed E-state index contributed by atoms with van der Waals surface area (Å²) in [6.07, 6.45) is 2.81. The molecule has 0 unspecified atom stereocenters. The van der Waals surface area contributed by atoms with Crippen molar-refractivity contribution in [3.05, 3.63) is 68.6 Å². The molecule has 0 radical (unpaired) electrons. The van der Waals surface area contributed by atoms with Crippen LogP contribution in [0.4, 0.5) is 5.69 Å². The average Bonchev–Trinajstić information content (AvgIpc) is 3.14. The molecule has 5 rings (SSSR count). The third-order valence-corrected chi connectivity index (χ3v) is 5.78. The number of aryl methyl sites for hydroxylation is 3. The van der Waals surface area contributed by atoms with E-state index in [1.54, 1.807) is 0 Å². The van der Waals surface area contributed by atoms with Gasteiger partial charge in [-0.2, -0.15) is 0 Å². The minimum atomic E-state index is -0.179. The van der Waals surface area contributed by atoms with Crippen molar-refractivity contribution in [2.24, 2.45) is 0 Å². The molecule has 4 nitrogen and oxygen atoms in total. The number of anilines is 1. The van der Waals surface area contributed by atoms with Crippen LogP contribution in [0, 0.1) is 13.8 Å². The van der Waals surface area contributed by atoms with E-state index in [-0.39, 0.29) is 5.63 Å². The summed E-state index contributed by atoms with van der Waals surface area (Å²) >= 11 is 0. The molecule has 0 atom stereocenters. The van der Waals surface area contributed by atoms with Gasteiger partial charge in [0.25, 0.3) is 0 Å². The van der Waals surface area contributed by atoms with Crippen molar-refractivity contribution in [2.45, 2.75) is 39.7 Å². The highest BCUT2D eigenvalue weighted by Gasteiger charge is 2.26. The molecular formula is C22H21NO3. The maximum absolute atomic E-state index is 12.4. The van der Waals surface area contributed by atoms with E-state index in [1.165, 1.54) is 16.7 Å². The van der Waals surface area contributed by atoms with Crippen LogP contribution in [0.2, 0.25) is 0 Å². The van der Waals surface area contributed by atoms with Gasteiger partial charge in [-0.15, -0.1) is 0 Å². The maximum atomic E-state index is 12.4. The smallest absolute Gasteiger partial charge is 0.339 e. The minimum Gasteiger partial charge on any atom is -0.473 e. The van der Waals surface area contributed by atoms with Gasteiger partial charge in [-0.3, -0.25) is 0 Å². The van der Waals surface area contributed by atoms with Crippen molar-refractivity contribution in [3.8, 4) is 5.75 Å². The van der Waals surface area contributed by atoms with Gasteiger partial charge in [0.1, 0.15) is 11.3 Å². The van der Waals surface area contributed by atoms with Gasteiger partial charge in [0.05, 0.1) is 12.1 Å². The number of fused-ring (bicyclic) bond motifs is 5. The summed E-state index contributed by atoms with van der Waals surface area (Å²) in [4.78, 5) is 14.6. The molecule has 2 aromatic carbocycles. The van der Waals surface area contributed by atoms with Crippen molar-refractivity contribution < 1.29 is 9.15 Å². The molecule has 2 aliphatic rings. The van der Waals surface area contributed by atoms with E-state index in [1.807, 2.05) is 12.1 Å². The number of ether oxygens (including phenoxy) is 1. The van der Waals surface area contributed by atoms with Gasteiger partial charge in [-0.1, -0.05) is 6.07 Å². The van der Waals surface area contributed by atoms with Gasteiger partial charge in [0.15, 0.2) is 6.73 Å². The highest BCUT2D eigenvalue weighted by Crippen LogP contribution is 2.37. The summed E-state index contributed by atoms with van der Waals surface area (Å²) in [5.74, 6) is 0.818. The molecule has 0 spiro atoms. The Hall–Kier alpha value is -2.75. The van der Waals surface area contributed by atoms with Crippen LogP contribution in [0.1, 0.15) is 34.2 Å². The highest BCUT2D eigenvalue weighted by molar-refractivity contribution is 5.87. The Kier molecular flexibility index (Phi) is 3.36. The third kappa shape index (κ3) is 2.25. The molecule has 0 N–H and O–H groups in total. The summed E-state index contributed by atoms with van der Waals surface area (Å²) in [5, 5.41) is 1.07. The molecule has 0 amide bonds. The predicted octanol–water partition coefficient (Wildman–Crippen LogP) is 4.26. The highest BCUT2D eigenvalue weighted by atomic mass is 16.5. The maximum Gasteiger partial charge on any atom is 0.339 e. The van der Waals surface area contributed by atoms with E-state index in [0.717, 1.165) is 47.2 Å². The molecule has 1 aromatic heterocycles. The Morgan fingerprint density at radius 3 is 2.65 bits per heavy atom. The van der Waals surface area contributed by atoms with Gasteiger partial charge in [0, 0.05) is 16.6 Å². The van der Waals surface area contributed by atoms with Crippen molar-refractivity contribution in [2.75, 3.05) is 11.6 Å². The van der Waals surface area contributed by atoms with Gasteiger partial charge >= 0.3 is 5.63 Å². The molecule has 2 heterocycles. The van der Waals surface area contributed by atoms with Crippen molar-refractivity contribution in [1.29, 1.82) is 0 Å². The van der Waals surface area contributed by atoms with Crippen LogP contribution >= 0.6 is 0 Å². The number of benzene rings is 2. The quantitative estimate of drug-likeness (QED) is 0.617. The lowest BCUT2D eigenvalue weighted by Gasteiger charge is -2.31. The molecule has 4 heteroatoms. The van der Waals surface area contributed by atoms with E-state index < -0.39 is 0 Å². The Morgan fingerprint density at radius 2 is 1.81 bits per heavy atom. The first-order valence-corrected chi connectivity index (χ1v) is 9.17. The monoisotopic (exact) mass is 347 g/mol. The van der Waals surface area contributed by atoms with Crippen LogP contribution in [0.25, 0.3) is 11.0 Å². The fourth-order valence-electron chi connectivity index (χ4n) is 4.14. The SMILES string of the molecule is Cc1ccc(N2COc3ccc4c5c(c(=O)oc4c3C2)CCC5)cc1C. The fourth-order valence-corrected chi connectivity index (χ4v) is 4.14. The van der Waals surface area contributed by atoms with Crippen LogP contribution in [0.15, 0.2) is 39.5 Å². The molecule has 0 bridgehead atoms. The summed E-state index contributed by atoms with van der Waals surface area (Å²) in [6.45, 7) is 5.41. The Balaban J connectivity index is 1.64. The molecule has 132 valence electrons. The largest absolute Gasteiger partial charge is 0.473 e. The van der Waals surface area contributed by atoms with Gasteiger partial charge in [-0.25, -0.2) is 4.79 Å². The first-order chi connectivity index (χ1) is 12.6. The van der Waals surface area contributed by atoms with Crippen LogP contribution in [-0.4, -0.2) is 6.73 Å². The van der Waals surface area contributed by atoms with E-state index in [4.69, 9.17) is 9.15 Å². The first-order valence-electron chi connectivity index (χ1n) is 9.17. The van der Waals surface area contributed by atoms with E-state index in [9.17, 15) is 4.79 Å². The fraction of sp³-hybridized carbons (Fsp3) is 0.318. The molecule has 0 saturated heterocycles. The minimum absolute atomic E-state index is 0.179. The lowest BCUT2D eigenvalue weighted by atomic mass is 10.0. The van der Waals surface area contributed by atoms with E-state index >= 15 is 0 Å². The van der Waals surface area contributed by atoms with Crippen molar-refractivity contribution >= 4 is 16.7 Å². The van der Waals surface area contributed by atoms with E-state index in [0.29, 0.717) is 18.9 Å². The molecular weight excluding hydrogens is 326 g/mol. The molecule has 1 aliphatic carbocycles. The van der Waals surface area contributed by atoms with Crippen LogP contribution in [0.3, 0.4) is 0 Å². The second-order valence-corrected chi connectivity index (χ2v) is 7.36. The lowest BCUT2D eigenvalue weighted by Crippen LogP contribution is -2.32. The van der Waals surface area contributed by atoms with Crippen molar-refractivity contribution in [3.63, 3.8) is 0 Å². The molecule has 0 fully saturated rings. The number of hydrogen-bond donors (Lipinski definition) is 0. The van der Waals surface area contributed by atoms with Crippen LogP contribution < -0.4 is 15.3 Å².